The Labute approximate surface area is 263 Å². The highest BCUT2D eigenvalue weighted by Gasteiger charge is 2.23. The van der Waals surface area contributed by atoms with Crippen LogP contribution in [0.5, 0.6) is 5.88 Å². The van der Waals surface area contributed by atoms with E-state index in [1.165, 1.54) is 18.2 Å². The van der Waals surface area contributed by atoms with Crippen molar-refractivity contribution in [3.63, 3.8) is 0 Å². The highest BCUT2D eigenvalue weighted by molar-refractivity contribution is 7.92. The average Bonchev–Trinajstić information content (AvgIpc) is 2.94. The van der Waals surface area contributed by atoms with Gasteiger partial charge in [0.25, 0.3) is 10.0 Å². The molecule has 4 aromatic rings. The molecule has 0 spiro atoms. The van der Waals surface area contributed by atoms with Gasteiger partial charge in [-0.25, -0.2) is 29.5 Å². The molecule has 0 aliphatic rings. The molecule has 0 bridgehead atoms. The van der Waals surface area contributed by atoms with Crippen LogP contribution in [0.1, 0.15) is 54.6 Å². The van der Waals surface area contributed by atoms with Crippen LogP contribution in [-0.4, -0.2) is 57.1 Å². The van der Waals surface area contributed by atoms with E-state index in [4.69, 9.17) is 4.74 Å². The predicted molar refractivity (Wildman–Crippen MR) is 168 cm³/mol. The van der Waals surface area contributed by atoms with Crippen LogP contribution in [0.4, 0.5) is 5.95 Å². The first kappa shape index (κ1) is 34.3. The van der Waals surface area contributed by atoms with E-state index in [9.17, 15) is 18.3 Å². The minimum atomic E-state index is -4.33. The molecule has 234 valence electrons. The van der Waals surface area contributed by atoms with Crippen molar-refractivity contribution >= 4 is 34.3 Å². The van der Waals surface area contributed by atoms with Crippen molar-refractivity contribution in [3.05, 3.63) is 83.6 Å². The van der Waals surface area contributed by atoms with Crippen LogP contribution < -0.4 is 14.8 Å². The molecule has 0 fully saturated rings. The number of rotatable bonds is 12. The summed E-state index contributed by atoms with van der Waals surface area (Å²) in [6, 6.07) is 12.8. The summed E-state index contributed by atoms with van der Waals surface area (Å²) in [4.78, 5) is 32.5. The lowest BCUT2D eigenvalue weighted by atomic mass is 9.88. The van der Waals surface area contributed by atoms with Crippen LogP contribution in [0, 0.1) is 19.3 Å². The number of nitrogens with one attached hydrogen (secondary N) is 2. The molecule has 3 heterocycles. The second-order valence-electron chi connectivity index (χ2n) is 11.3. The number of nitrogens with zero attached hydrogens (tertiary/aromatic N) is 5. The van der Waals surface area contributed by atoms with Crippen molar-refractivity contribution < 1.29 is 23.1 Å². The summed E-state index contributed by atoms with van der Waals surface area (Å²) in [5.74, 6) is -0.777. The van der Waals surface area contributed by atoms with Crippen LogP contribution in [0.3, 0.4) is 0 Å². The number of hydrogen-bond acceptors (Lipinski definition) is 10. The van der Waals surface area contributed by atoms with Gasteiger partial charge >= 0.3 is 5.97 Å². The van der Waals surface area contributed by atoms with Crippen molar-refractivity contribution in [3.8, 4) is 17.1 Å². The number of aromatic carboxylic acids is 1. The fraction of sp³-hybridized carbons (Fsp3) is 0.333. The first-order valence-corrected chi connectivity index (χ1v) is 15.1. The molecule has 44 heavy (non-hydrogen) atoms. The molecule has 4 rings (SSSR count). The third-order valence-electron chi connectivity index (χ3n) is 6.34. The number of hydrogen-bond donors (Lipinski definition) is 3. The monoisotopic (exact) mass is 641 g/mol. The van der Waals surface area contributed by atoms with Crippen LogP contribution in [0.2, 0.25) is 0 Å². The molecular formula is C30H36ClN7O5S. The highest BCUT2D eigenvalue weighted by atomic mass is 35.5. The van der Waals surface area contributed by atoms with Gasteiger partial charge in [-0.3, -0.25) is 0 Å². The van der Waals surface area contributed by atoms with Crippen molar-refractivity contribution in [2.24, 2.45) is 5.41 Å². The Morgan fingerprint density at radius 2 is 1.64 bits per heavy atom. The molecular weight excluding hydrogens is 606 g/mol. The van der Waals surface area contributed by atoms with E-state index in [-0.39, 0.29) is 42.3 Å². The average molecular weight is 642 g/mol. The van der Waals surface area contributed by atoms with Gasteiger partial charge in [0.05, 0.1) is 12.2 Å². The zero-order chi connectivity index (χ0) is 31.2. The Kier molecular flexibility index (Phi) is 11.3. The lowest BCUT2D eigenvalue weighted by Gasteiger charge is -2.26. The second kappa shape index (κ2) is 14.5. The summed E-state index contributed by atoms with van der Waals surface area (Å²) in [5.41, 5.74) is 2.71. The Hall–Kier alpha value is -4.20. The van der Waals surface area contributed by atoms with Crippen molar-refractivity contribution in [1.29, 1.82) is 0 Å². The molecule has 1 aromatic carbocycles. The molecule has 0 unspecified atom stereocenters. The molecule has 0 aliphatic heterocycles. The molecule has 0 saturated carbocycles. The van der Waals surface area contributed by atoms with Gasteiger partial charge in [0, 0.05) is 30.1 Å². The molecule has 3 N–H and O–H groups in total. The Morgan fingerprint density at radius 1 is 0.977 bits per heavy atom. The largest absolute Gasteiger partial charge is 0.477 e. The minimum absolute atomic E-state index is 0. The van der Waals surface area contributed by atoms with E-state index in [1.807, 2.05) is 32.0 Å². The molecule has 0 saturated heterocycles. The van der Waals surface area contributed by atoms with E-state index in [0.29, 0.717) is 18.1 Å². The zero-order valence-electron chi connectivity index (χ0n) is 25.1. The number of carboxylic acids is 1. The first-order valence-electron chi connectivity index (χ1n) is 13.6. The minimum Gasteiger partial charge on any atom is -0.477 e. The number of pyridine rings is 1. The number of benzene rings is 1. The van der Waals surface area contributed by atoms with Gasteiger partial charge in [-0.1, -0.05) is 45.0 Å². The maximum atomic E-state index is 13.2. The summed E-state index contributed by atoms with van der Waals surface area (Å²) in [6.45, 7) is 10.9. The van der Waals surface area contributed by atoms with Crippen molar-refractivity contribution in [2.75, 3.05) is 11.3 Å². The number of halogens is 1. The normalized spacial score (nSPS) is 12.2. The van der Waals surface area contributed by atoms with E-state index >= 15 is 0 Å². The number of carboxylic acid groups (broad SMARTS) is 1. The van der Waals surface area contributed by atoms with E-state index in [0.717, 1.165) is 23.1 Å². The molecule has 14 heteroatoms. The van der Waals surface area contributed by atoms with Crippen molar-refractivity contribution in [2.45, 2.75) is 58.7 Å². The van der Waals surface area contributed by atoms with Gasteiger partial charge in [-0.2, -0.15) is 13.4 Å². The lowest BCUT2D eigenvalue weighted by molar-refractivity contribution is 0.0689. The van der Waals surface area contributed by atoms with Crippen LogP contribution >= 0.6 is 12.4 Å². The van der Waals surface area contributed by atoms with Gasteiger partial charge in [0.15, 0.2) is 5.03 Å². The Bertz CT molecular complexity index is 1680. The third kappa shape index (κ3) is 9.40. The Morgan fingerprint density at radius 3 is 2.27 bits per heavy atom. The first-order chi connectivity index (χ1) is 20.3. The highest BCUT2D eigenvalue weighted by Crippen LogP contribution is 2.30. The summed E-state index contributed by atoms with van der Waals surface area (Å²) in [6.07, 6.45) is 4.14. The maximum absolute atomic E-state index is 13.2. The standard InChI is InChI=1S/C30H35N7O5S.ClH/c1-19-9-6-10-20(2)27(19)23-15-25(42-18-21(16-30(3,4)5)33-17-24-31-13-8-14-32-24)36-29(35-23)37-43(40,41)26-12-7-11-22(34-26)28(38)39;/h6-15,21,33H,16-18H2,1-5H3,(H,38,39)(H,35,36,37);1H/t21-;/m1./s1. The topological polar surface area (TPSA) is 169 Å². The third-order valence-corrected chi connectivity index (χ3v) is 7.57. The fourth-order valence-electron chi connectivity index (χ4n) is 4.52. The maximum Gasteiger partial charge on any atom is 0.354 e. The number of aromatic nitrogens is 5. The Balaban J connectivity index is 0.00000529. The second-order valence-corrected chi connectivity index (χ2v) is 12.9. The van der Waals surface area contributed by atoms with E-state index < -0.39 is 26.7 Å². The summed E-state index contributed by atoms with van der Waals surface area (Å²) in [7, 11) is -4.33. The van der Waals surface area contributed by atoms with Gasteiger partial charge in [0.2, 0.25) is 11.8 Å². The van der Waals surface area contributed by atoms with Crippen LogP contribution in [0.15, 0.2) is 66.0 Å². The number of sulfonamides is 1. The summed E-state index contributed by atoms with van der Waals surface area (Å²) >= 11 is 0. The molecule has 0 aliphatic carbocycles. The van der Waals surface area contributed by atoms with E-state index in [2.05, 4.69) is 55.7 Å². The quantitative estimate of drug-likeness (QED) is 0.193. The van der Waals surface area contributed by atoms with Crippen molar-refractivity contribution in [1.82, 2.24) is 30.2 Å². The molecule has 1 atom stereocenters. The predicted octanol–water partition coefficient (Wildman–Crippen LogP) is 4.84. The molecule has 0 radical (unpaired) electrons. The lowest BCUT2D eigenvalue weighted by Crippen LogP contribution is -2.38. The fourth-order valence-corrected chi connectivity index (χ4v) is 5.43. The number of aryl methyl sites for hydroxylation is 2. The van der Waals surface area contributed by atoms with Crippen LogP contribution in [-0.2, 0) is 16.6 Å². The summed E-state index contributed by atoms with van der Waals surface area (Å²) < 4.78 is 34.9. The SMILES string of the molecule is Cc1cccc(C)c1-c1cc(OC[C@@H](CC(C)(C)C)NCc2ncccn2)nc(NS(=O)(=O)c2cccc(C(=O)O)n2)n1.Cl. The number of carbonyl (C=O) groups is 1. The van der Waals surface area contributed by atoms with Crippen LogP contribution in [0.25, 0.3) is 11.3 Å². The van der Waals surface area contributed by atoms with Gasteiger partial charge in [0.1, 0.15) is 18.1 Å². The van der Waals surface area contributed by atoms with E-state index in [1.54, 1.807) is 24.5 Å². The molecule has 12 nitrogen and oxygen atoms in total. The van der Waals surface area contributed by atoms with Gasteiger partial charge in [-0.05, 0) is 55.0 Å². The van der Waals surface area contributed by atoms with Gasteiger partial charge in [-0.15, -0.1) is 12.4 Å². The number of anilines is 1. The molecule has 0 amide bonds. The van der Waals surface area contributed by atoms with Gasteiger partial charge < -0.3 is 15.2 Å². The summed E-state index contributed by atoms with van der Waals surface area (Å²) in [5, 5.41) is 12.2. The smallest absolute Gasteiger partial charge is 0.354 e. The molecule has 3 aromatic heterocycles. The zero-order valence-corrected chi connectivity index (χ0v) is 26.7. The number of ether oxygens (including phenoxy) is 1.